The van der Waals surface area contributed by atoms with Gasteiger partial charge in [-0.2, -0.15) is 0 Å². The summed E-state index contributed by atoms with van der Waals surface area (Å²) in [5.74, 6) is -3.31. The number of hydrogen-bond acceptors (Lipinski definition) is 7. The molecule has 0 aromatic heterocycles. The van der Waals surface area contributed by atoms with Gasteiger partial charge >= 0.3 is 0 Å². The van der Waals surface area contributed by atoms with Gasteiger partial charge in [0.2, 0.25) is 5.91 Å². The van der Waals surface area contributed by atoms with E-state index in [4.69, 9.17) is 5.73 Å². The van der Waals surface area contributed by atoms with E-state index < -0.39 is 36.6 Å². The van der Waals surface area contributed by atoms with E-state index in [0.717, 1.165) is 16.7 Å². The topological polar surface area (TPSA) is 181 Å². The lowest BCUT2D eigenvalue weighted by Crippen LogP contribution is -2.34. The maximum Gasteiger partial charge on any atom is 0.224 e. The monoisotopic (exact) mass is 522 g/mol. The van der Waals surface area contributed by atoms with E-state index in [0.29, 0.717) is 31.5 Å². The van der Waals surface area contributed by atoms with E-state index in [-0.39, 0.29) is 51.0 Å². The summed E-state index contributed by atoms with van der Waals surface area (Å²) < 4.78 is 13.1. The maximum atomic E-state index is 13.1. The number of carbonyl (C=O) groups excluding carboxylic acids is 3. The molecule has 1 aliphatic rings. The lowest BCUT2D eigenvalue weighted by molar-refractivity contribution is -0.131. The highest BCUT2D eigenvalue weighted by atomic mass is 19.1. The highest BCUT2D eigenvalue weighted by molar-refractivity contribution is 6.01. The Balaban J connectivity index is 0.00000481. The molecule has 2 aromatic rings. The highest BCUT2D eigenvalue weighted by Crippen LogP contribution is 2.38. The molecule has 9 nitrogen and oxygen atoms in total. The summed E-state index contributed by atoms with van der Waals surface area (Å²) in [6.07, 6.45) is 0.778. The molecule has 0 heterocycles. The number of phenolic OH excluding ortho intramolecular Hbond substituents is 1. The average molecular weight is 523 g/mol. The van der Waals surface area contributed by atoms with Crippen LogP contribution in [-0.4, -0.2) is 51.5 Å². The van der Waals surface area contributed by atoms with Crippen molar-refractivity contribution in [2.45, 2.75) is 45.2 Å². The summed E-state index contributed by atoms with van der Waals surface area (Å²) >= 11 is 0. The summed E-state index contributed by atoms with van der Waals surface area (Å²) in [6.45, 7) is 0.234. The van der Waals surface area contributed by atoms with Gasteiger partial charge in [-0.05, 0) is 66.0 Å². The predicted molar refractivity (Wildman–Crippen MR) is 138 cm³/mol. The number of aliphatic hydroxyl groups is 2. The molecule has 3 atom stereocenters. The Kier molecular flexibility index (Phi) is 11.3. The molecule has 3 rings (SSSR count). The molecule has 0 radical (unpaired) electrons. The summed E-state index contributed by atoms with van der Waals surface area (Å²) in [5.41, 5.74) is 7.94. The molecule has 1 aliphatic carbocycles. The number of hydrogen-bond donors (Lipinski definition) is 5. The molecule has 2 aromatic carbocycles. The molecule has 37 heavy (non-hydrogen) atoms. The quantitative estimate of drug-likeness (QED) is 0.248. The third-order valence-electron chi connectivity index (χ3n) is 6.86. The van der Waals surface area contributed by atoms with Crippen molar-refractivity contribution in [1.82, 2.24) is 5.32 Å². The maximum absolute atomic E-state index is 13.1. The summed E-state index contributed by atoms with van der Waals surface area (Å²) in [7, 11) is 0. The Morgan fingerprint density at radius 1 is 1.11 bits per heavy atom. The van der Waals surface area contributed by atoms with E-state index in [2.05, 4.69) is 5.32 Å². The number of rotatable bonds is 13. The molecule has 1 amide bonds. The largest absolute Gasteiger partial charge is 0.507 e. The van der Waals surface area contributed by atoms with E-state index in [1.807, 2.05) is 0 Å². The fourth-order valence-corrected chi connectivity index (χ4v) is 5.12. The highest BCUT2D eigenvalue weighted by Gasteiger charge is 2.34. The molecule has 0 saturated carbocycles. The van der Waals surface area contributed by atoms with Crippen LogP contribution in [0.4, 0.5) is 4.39 Å². The molecule has 0 fully saturated rings. The average Bonchev–Trinajstić information content (AvgIpc) is 2.81. The Morgan fingerprint density at radius 3 is 2.43 bits per heavy atom. The van der Waals surface area contributed by atoms with Crippen molar-refractivity contribution in [2.75, 3.05) is 13.2 Å². The molecule has 0 bridgehead atoms. The lowest BCUT2D eigenvalue weighted by atomic mass is 9.73. The second kappa shape index (κ2) is 13.9. The number of primary amides is 1. The molecular weight excluding hydrogens is 483 g/mol. The number of ketones is 2. The number of halogens is 1. The van der Waals surface area contributed by atoms with Crippen molar-refractivity contribution >= 4 is 17.5 Å². The van der Waals surface area contributed by atoms with Crippen LogP contribution in [0.5, 0.6) is 5.75 Å². The molecule has 0 aliphatic heterocycles. The van der Waals surface area contributed by atoms with Gasteiger partial charge in [-0.25, -0.2) is 4.39 Å². The van der Waals surface area contributed by atoms with Gasteiger partial charge in [0.05, 0.1) is 18.6 Å². The minimum atomic E-state index is -0.859. The number of amides is 1. The van der Waals surface area contributed by atoms with Crippen molar-refractivity contribution < 1.29 is 42.4 Å². The lowest BCUT2D eigenvalue weighted by Gasteiger charge is -2.31. The minimum Gasteiger partial charge on any atom is -0.507 e. The van der Waals surface area contributed by atoms with Gasteiger partial charge in [0.25, 0.3) is 0 Å². The van der Waals surface area contributed by atoms with Crippen molar-refractivity contribution in [3.8, 4) is 5.75 Å². The molecule has 0 saturated heterocycles. The number of phenols is 1. The Bertz CT molecular complexity index is 1100. The third kappa shape index (κ3) is 7.90. The van der Waals surface area contributed by atoms with Gasteiger partial charge in [0, 0.05) is 34.9 Å². The molecule has 0 spiro atoms. The Morgan fingerprint density at radius 2 is 1.81 bits per heavy atom. The zero-order valence-electron chi connectivity index (χ0n) is 20.6. The zero-order valence-corrected chi connectivity index (χ0v) is 20.6. The SMILES string of the molecule is NC(=O)CC(=O)C(CO)C(CCO)CC1CC(=O)c2c(O)ccc(CNCc3ccc(F)cc3)c2C1.O.[HH].[HH]. The molecule has 3 unspecified atom stereocenters. The zero-order chi connectivity index (χ0) is 26.2. The number of nitrogens with one attached hydrogen (secondary N) is 1. The fourth-order valence-electron chi connectivity index (χ4n) is 5.12. The van der Waals surface area contributed by atoms with Crippen LogP contribution in [0.25, 0.3) is 0 Å². The second-order valence-corrected chi connectivity index (χ2v) is 9.43. The van der Waals surface area contributed by atoms with Crippen LogP contribution in [0.2, 0.25) is 0 Å². The number of aromatic hydroxyl groups is 1. The summed E-state index contributed by atoms with van der Waals surface area (Å²) in [6, 6.07) is 9.42. The van der Waals surface area contributed by atoms with Crippen LogP contribution in [-0.2, 0) is 29.1 Å². The van der Waals surface area contributed by atoms with Crippen molar-refractivity contribution in [3.63, 3.8) is 0 Å². The van der Waals surface area contributed by atoms with E-state index in [1.165, 1.54) is 18.2 Å². The van der Waals surface area contributed by atoms with Gasteiger partial charge in [0.15, 0.2) is 5.78 Å². The number of carbonyl (C=O) groups is 3. The fraction of sp³-hybridized carbons (Fsp3) is 0.444. The van der Waals surface area contributed by atoms with Crippen LogP contribution in [0.3, 0.4) is 0 Å². The first-order valence-electron chi connectivity index (χ1n) is 12.1. The van der Waals surface area contributed by atoms with E-state index >= 15 is 0 Å². The Hall–Kier alpha value is -3.18. The van der Waals surface area contributed by atoms with Crippen LogP contribution in [0, 0.1) is 23.6 Å². The predicted octanol–water partition coefficient (Wildman–Crippen LogP) is 1.68. The van der Waals surface area contributed by atoms with Crippen molar-refractivity contribution in [1.29, 1.82) is 0 Å². The summed E-state index contributed by atoms with van der Waals surface area (Å²) in [5, 5.41) is 33.1. The normalized spacial score (nSPS) is 16.4. The first-order valence-corrected chi connectivity index (χ1v) is 12.1. The first-order chi connectivity index (χ1) is 17.2. The summed E-state index contributed by atoms with van der Waals surface area (Å²) in [4.78, 5) is 36.7. The number of aliphatic hydroxyl groups excluding tert-OH is 2. The molecule has 206 valence electrons. The smallest absolute Gasteiger partial charge is 0.224 e. The van der Waals surface area contributed by atoms with Gasteiger partial charge in [0.1, 0.15) is 17.3 Å². The standard InChI is InChI=1S/C27H33FN2O6.H2O.2H2/c28-20-4-1-16(2-5-20)13-30-14-19-3-6-23(33)27-21(19)10-17(11-25(27)35)9-18(7-8-31)22(15-32)24(34)12-26(29)36;;;/h1-6,17-18,22,30-33H,7-15H2,(H2,29,36);1H2;2*1H. The van der Waals surface area contributed by atoms with E-state index in [9.17, 15) is 34.1 Å². The van der Waals surface area contributed by atoms with Crippen molar-refractivity contribution in [2.24, 2.45) is 23.5 Å². The van der Waals surface area contributed by atoms with E-state index in [1.54, 1.807) is 18.2 Å². The number of Topliss-reactive ketones (excluding diaryl/α,β-unsaturated/α-hetero) is 2. The van der Waals surface area contributed by atoms with Gasteiger partial charge in [-0.3, -0.25) is 14.4 Å². The van der Waals surface area contributed by atoms with Gasteiger partial charge < -0.3 is 31.8 Å². The molecule has 8 N–H and O–H groups in total. The van der Waals surface area contributed by atoms with Crippen molar-refractivity contribution in [3.05, 3.63) is 64.5 Å². The number of nitrogens with two attached hydrogens (primary N) is 1. The van der Waals surface area contributed by atoms with Crippen LogP contribution in [0.1, 0.15) is 55.6 Å². The first kappa shape index (κ1) is 30.0. The van der Waals surface area contributed by atoms with Crippen LogP contribution in [0.15, 0.2) is 36.4 Å². The molecule has 10 heteroatoms. The molecular formula is C27H39FN2O7. The van der Waals surface area contributed by atoms with Gasteiger partial charge in [-0.15, -0.1) is 0 Å². The number of benzene rings is 2. The van der Waals surface area contributed by atoms with Crippen LogP contribution >= 0.6 is 0 Å². The third-order valence-corrected chi connectivity index (χ3v) is 6.86. The Labute approximate surface area is 217 Å². The number of fused-ring (bicyclic) bond motifs is 1. The van der Waals surface area contributed by atoms with Crippen LogP contribution < -0.4 is 11.1 Å². The van der Waals surface area contributed by atoms with Gasteiger partial charge in [-0.1, -0.05) is 18.2 Å². The minimum absolute atomic E-state index is 0. The second-order valence-electron chi connectivity index (χ2n) is 9.43.